The number of hydrogen-bond acceptors (Lipinski definition) is 6. The van der Waals surface area contributed by atoms with Gasteiger partial charge in [0.2, 0.25) is 0 Å². The molecule has 4 rings (SSSR count). The summed E-state index contributed by atoms with van der Waals surface area (Å²) in [6.07, 6.45) is 1.81. The summed E-state index contributed by atoms with van der Waals surface area (Å²) in [7, 11) is 1.74. The van der Waals surface area contributed by atoms with E-state index in [1.54, 1.807) is 18.4 Å². The number of ether oxygens (including phenoxy) is 1. The molecular weight excluding hydrogens is 380 g/mol. The molecule has 0 bridgehead atoms. The highest BCUT2D eigenvalue weighted by Crippen LogP contribution is 2.31. The van der Waals surface area contributed by atoms with E-state index >= 15 is 0 Å². The quantitative estimate of drug-likeness (QED) is 0.703. The standard InChI is InChI=1S/C20H22N4OS.ClH/c1-25-19-8-3-2-6-16(19)18-12-21-10-11-24(18)13-15-14-26-20(23-15)17-7-4-5-9-22-17;/h2-9,14,18,21H,10-13H2,1H3;1H. The third-order valence-electron chi connectivity index (χ3n) is 4.65. The van der Waals surface area contributed by atoms with Crippen molar-refractivity contribution in [3.63, 3.8) is 0 Å². The van der Waals surface area contributed by atoms with Crippen molar-refractivity contribution in [1.82, 2.24) is 20.2 Å². The number of para-hydroxylation sites is 1. The van der Waals surface area contributed by atoms with E-state index in [1.807, 2.05) is 36.5 Å². The lowest BCUT2D eigenvalue weighted by atomic mass is 10.0. The van der Waals surface area contributed by atoms with Gasteiger partial charge in [-0.3, -0.25) is 9.88 Å². The minimum absolute atomic E-state index is 0. The van der Waals surface area contributed by atoms with Gasteiger partial charge in [0.05, 0.1) is 24.5 Å². The molecule has 142 valence electrons. The predicted octanol–water partition coefficient (Wildman–Crippen LogP) is 3.78. The Bertz CT molecular complexity index is 858. The number of halogens is 1. The van der Waals surface area contributed by atoms with Crippen molar-refractivity contribution in [1.29, 1.82) is 0 Å². The van der Waals surface area contributed by atoms with E-state index in [4.69, 9.17) is 9.72 Å². The highest BCUT2D eigenvalue weighted by Gasteiger charge is 2.26. The first kappa shape index (κ1) is 19.8. The van der Waals surface area contributed by atoms with Crippen LogP contribution in [0.5, 0.6) is 5.75 Å². The van der Waals surface area contributed by atoms with Crippen molar-refractivity contribution in [2.75, 3.05) is 26.7 Å². The van der Waals surface area contributed by atoms with Crippen molar-refractivity contribution in [3.05, 3.63) is 65.3 Å². The lowest BCUT2D eigenvalue weighted by Crippen LogP contribution is -2.45. The molecule has 1 saturated heterocycles. The Kier molecular flexibility index (Phi) is 6.79. The van der Waals surface area contributed by atoms with Gasteiger partial charge < -0.3 is 10.1 Å². The highest BCUT2D eigenvalue weighted by molar-refractivity contribution is 7.13. The molecule has 0 saturated carbocycles. The number of piperazine rings is 1. The lowest BCUT2D eigenvalue weighted by Gasteiger charge is -2.36. The van der Waals surface area contributed by atoms with Gasteiger partial charge in [0.25, 0.3) is 0 Å². The van der Waals surface area contributed by atoms with Gasteiger partial charge in [-0.05, 0) is 18.2 Å². The fourth-order valence-electron chi connectivity index (χ4n) is 3.38. The summed E-state index contributed by atoms with van der Waals surface area (Å²) >= 11 is 1.66. The van der Waals surface area contributed by atoms with Crippen LogP contribution in [-0.2, 0) is 6.54 Å². The Morgan fingerprint density at radius 2 is 2.07 bits per heavy atom. The maximum Gasteiger partial charge on any atom is 0.142 e. The van der Waals surface area contributed by atoms with E-state index in [2.05, 4.69) is 32.7 Å². The van der Waals surface area contributed by atoms with Crippen LogP contribution in [0.4, 0.5) is 0 Å². The summed E-state index contributed by atoms with van der Waals surface area (Å²) in [5, 5.41) is 6.63. The Hall–Kier alpha value is -1.99. The molecule has 3 heterocycles. The summed E-state index contributed by atoms with van der Waals surface area (Å²) in [6.45, 7) is 3.72. The zero-order valence-electron chi connectivity index (χ0n) is 15.2. The number of methoxy groups -OCH3 is 1. The largest absolute Gasteiger partial charge is 0.496 e. The maximum atomic E-state index is 5.58. The van der Waals surface area contributed by atoms with Crippen molar-refractivity contribution in [2.45, 2.75) is 12.6 Å². The van der Waals surface area contributed by atoms with Crippen LogP contribution in [0.25, 0.3) is 10.7 Å². The normalized spacial score (nSPS) is 17.3. The van der Waals surface area contributed by atoms with Gasteiger partial charge in [-0.2, -0.15) is 0 Å². The second-order valence-electron chi connectivity index (χ2n) is 6.29. The second-order valence-corrected chi connectivity index (χ2v) is 7.15. The maximum absolute atomic E-state index is 5.58. The number of nitrogens with zero attached hydrogens (tertiary/aromatic N) is 3. The Balaban J connectivity index is 0.00000210. The number of pyridine rings is 1. The first-order chi connectivity index (χ1) is 12.8. The second kappa shape index (κ2) is 9.28. The average molecular weight is 403 g/mol. The van der Waals surface area contributed by atoms with Gasteiger partial charge in [-0.25, -0.2) is 4.98 Å². The number of aromatic nitrogens is 2. The van der Waals surface area contributed by atoms with E-state index in [-0.39, 0.29) is 18.4 Å². The molecule has 3 aromatic rings. The van der Waals surface area contributed by atoms with Gasteiger partial charge in [0.1, 0.15) is 10.8 Å². The van der Waals surface area contributed by atoms with Crippen LogP contribution in [0.2, 0.25) is 0 Å². The van der Waals surface area contributed by atoms with Crippen molar-refractivity contribution in [3.8, 4) is 16.5 Å². The topological polar surface area (TPSA) is 50.3 Å². The fraction of sp³-hybridized carbons (Fsp3) is 0.300. The van der Waals surface area contributed by atoms with Gasteiger partial charge in [0, 0.05) is 43.3 Å². The molecule has 7 heteroatoms. The van der Waals surface area contributed by atoms with Crippen molar-refractivity contribution in [2.24, 2.45) is 0 Å². The van der Waals surface area contributed by atoms with E-state index in [0.717, 1.165) is 48.3 Å². The van der Waals surface area contributed by atoms with Crippen LogP contribution >= 0.6 is 23.7 Å². The van der Waals surface area contributed by atoms with Gasteiger partial charge in [-0.1, -0.05) is 24.3 Å². The van der Waals surface area contributed by atoms with Crippen molar-refractivity contribution >= 4 is 23.7 Å². The first-order valence-electron chi connectivity index (χ1n) is 8.78. The minimum atomic E-state index is 0. The molecular formula is C20H23ClN4OS. The van der Waals surface area contributed by atoms with Crippen LogP contribution in [0.3, 0.4) is 0 Å². The monoisotopic (exact) mass is 402 g/mol. The molecule has 1 aliphatic rings. The van der Waals surface area contributed by atoms with E-state index < -0.39 is 0 Å². The lowest BCUT2D eigenvalue weighted by molar-refractivity contribution is 0.149. The van der Waals surface area contributed by atoms with E-state index in [0.29, 0.717) is 0 Å². The Labute approximate surface area is 169 Å². The predicted molar refractivity (Wildman–Crippen MR) is 112 cm³/mol. The first-order valence-corrected chi connectivity index (χ1v) is 9.66. The minimum Gasteiger partial charge on any atom is -0.496 e. The Morgan fingerprint density at radius 3 is 2.89 bits per heavy atom. The zero-order chi connectivity index (χ0) is 17.8. The molecule has 0 aliphatic carbocycles. The fourth-order valence-corrected chi connectivity index (χ4v) is 4.16. The van der Waals surface area contributed by atoms with Gasteiger partial charge in [0.15, 0.2) is 0 Å². The highest BCUT2D eigenvalue weighted by atomic mass is 35.5. The summed E-state index contributed by atoms with van der Waals surface area (Å²) in [4.78, 5) is 11.7. The van der Waals surface area contributed by atoms with Crippen LogP contribution in [0.1, 0.15) is 17.3 Å². The van der Waals surface area contributed by atoms with E-state index in [1.165, 1.54) is 5.56 Å². The molecule has 5 nitrogen and oxygen atoms in total. The van der Waals surface area contributed by atoms with Gasteiger partial charge in [-0.15, -0.1) is 23.7 Å². The zero-order valence-corrected chi connectivity index (χ0v) is 16.8. The van der Waals surface area contributed by atoms with Crippen molar-refractivity contribution < 1.29 is 4.74 Å². The molecule has 1 N–H and O–H groups in total. The van der Waals surface area contributed by atoms with E-state index in [9.17, 15) is 0 Å². The summed E-state index contributed by atoms with van der Waals surface area (Å²) in [5.41, 5.74) is 3.25. The molecule has 0 spiro atoms. The molecule has 27 heavy (non-hydrogen) atoms. The summed E-state index contributed by atoms with van der Waals surface area (Å²) in [5.74, 6) is 0.943. The van der Waals surface area contributed by atoms with Crippen LogP contribution in [-0.4, -0.2) is 41.6 Å². The number of rotatable bonds is 5. The molecule has 1 unspecified atom stereocenters. The molecule has 1 aromatic carbocycles. The molecule has 1 fully saturated rings. The molecule has 1 aliphatic heterocycles. The van der Waals surface area contributed by atoms with Crippen LogP contribution < -0.4 is 10.1 Å². The molecule has 2 aromatic heterocycles. The molecule has 0 amide bonds. The van der Waals surface area contributed by atoms with Crippen LogP contribution in [0, 0.1) is 0 Å². The number of thiazole rings is 1. The summed E-state index contributed by atoms with van der Waals surface area (Å²) < 4.78 is 5.58. The van der Waals surface area contributed by atoms with Gasteiger partial charge >= 0.3 is 0 Å². The average Bonchev–Trinajstić information content (AvgIpc) is 3.18. The molecule has 1 atom stereocenters. The smallest absolute Gasteiger partial charge is 0.142 e. The number of nitrogens with one attached hydrogen (secondary N) is 1. The molecule has 0 radical (unpaired) electrons. The third kappa shape index (κ3) is 4.47. The number of hydrogen-bond donors (Lipinski definition) is 1. The third-order valence-corrected chi connectivity index (χ3v) is 5.57. The summed E-state index contributed by atoms with van der Waals surface area (Å²) in [6, 6.07) is 14.5. The van der Waals surface area contributed by atoms with Crippen LogP contribution in [0.15, 0.2) is 54.0 Å². The Morgan fingerprint density at radius 1 is 1.22 bits per heavy atom. The number of benzene rings is 1. The SMILES string of the molecule is COc1ccccc1C1CNCCN1Cc1csc(-c2ccccn2)n1.Cl.